The second kappa shape index (κ2) is 6.24. The number of hydrogen-bond acceptors (Lipinski definition) is 5. The first kappa shape index (κ1) is 18.4. The summed E-state index contributed by atoms with van der Waals surface area (Å²) < 4.78 is 5.21. The zero-order valence-electron chi connectivity index (χ0n) is 13.9. The van der Waals surface area contributed by atoms with Gasteiger partial charge in [0.2, 0.25) is 0 Å². The average molecular weight is 314 g/mol. The Morgan fingerprint density at radius 1 is 1.41 bits per heavy atom. The van der Waals surface area contributed by atoms with Crippen LogP contribution >= 0.6 is 0 Å². The Morgan fingerprint density at radius 3 is 2.36 bits per heavy atom. The van der Waals surface area contributed by atoms with Gasteiger partial charge in [0.05, 0.1) is 0 Å². The summed E-state index contributed by atoms with van der Waals surface area (Å²) in [5.74, 6) is -2.46. The molecule has 0 bridgehead atoms. The summed E-state index contributed by atoms with van der Waals surface area (Å²) in [5.41, 5.74) is 3.40. The molecule has 1 aliphatic rings. The summed E-state index contributed by atoms with van der Waals surface area (Å²) >= 11 is 0. The van der Waals surface area contributed by atoms with Gasteiger partial charge in [-0.1, -0.05) is 13.8 Å². The Labute approximate surface area is 130 Å². The van der Waals surface area contributed by atoms with Crippen LogP contribution in [0.4, 0.5) is 0 Å². The predicted molar refractivity (Wildman–Crippen MR) is 80.0 cm³/mol. The third-order valence-corrected chi connectivity index (χ3v) is 3.51. The van der Waals surface area contributed by atoms with Gasteiger partial charge in [0.1, 0.15) is 11.6 Å². The lowest BCUT2D eigenvalue weighted by Crippen LogP contribution is -2.58. The van der Waals surface area contributed by atoms with Crippen LogP contribution in [0.25, 0.3) is 0 Å². The van der Waals surface area contributed by atoms with E-state index in [2.05, 4.69) is 0 Å². The van der Waals surface area contributed by atoms with Crippen molar-refractivity contribution in [3.05, 3.63) is 0 Å². The summed E-state index contributed by atoms with van der Waals surface area (Å²) in [6, 6.07) is -0.972. The van der Waals surface area contributed by atoms with E-state index in [1.807, 2.05) is 13.8 Å². The molecule has 1 aliphatic heterocycles. The molecule has 3 N–H and O–H groups in total. The molecular formula is C15H26N2O5. The number of aliphatic carboxylic acids is 1. The molecule has 7 heteroatoms. The quantitative estimate of drug-likeness (QED) is 0.572. The van der Waals surface area contributed by atoms with Crippen molar-refractivity contribution >= 4 is 17.8 Å². The van der Waals surface area contributed by atoms with Crippen LogP contribution in [0.1, 0.15) is 47.5 Å². The van der Waals surface area contributed by atoms with Gasteiger partial charge < -0.3 is 20.5 Å². The Balaban J connectivity index is 2.96. The van der Waals surface area contributed by atoms with Gasteiger partial charge in [-0.25, -0.2) is 9.59 Å². The molecule has 0 spiro atoms. The van der Waals surface area contributed by atoms with Crippen LogP contribution in [0.15, 0.2) is 0 Å². The SMILES string of the molecule is CC(C)CC(C(=O)O)N1CCC(N)(C(=O)OC(C)(C)C)C1=O. The number of carboxylic acid groups (broad SMARTS) is 1. The van der Waals surface area contributed by atoms with Crippen molar-refractivity contribution in [1.29, 1.82) is 0 Å². The molecule has 0 aromatic heterocycles. The van der Waals surface area contributed by atoms with Gasteiger partial charge in [0, 0.05) is 13.0 Å². The molecule has 0 aliphatic carbocycles. The van der Waals surface area contributed by atoms with E-state index >= 15 is 0 Å². The lowest BCUT2D eigenvalue weighted by molar-refractivity contribution is -0.166. The van der Waals surface area contributed by atoms with Gasteiger partial charge in [-0.3, -0.25) is 4.79 Å². The van der Waals surface area contributed by atoms with Crippen LogP contribution in [0.2, 0.25) is 0 Å². The topological polar surface area (TPSA) is 110 Å². The Morgan fingerprint density at radius 2 is 1.95 bits per heavy atom. The van der Waals surface area contributed by atoms with Crippen molar-refractivity contribution < 1.29 is 24.2 Å². The molecule has 0 saturated carbocycles. The second-order valence-electron chi connectivity index (χ2n) is 7.21. The lowest BCUT2D eigenvalue weighted by Gasteiger charge is -2.29. The number of carbonyl (C=O) groups is 3. The Kier molecular flexibility index (Phi) is 5.22. The summed E-state index contributed by atoms with van der Waals surface area (Å²) in [6.45, 7) is 8.94. The van der Waals surface area contributed by atoms with Gasteiger partial charge in [-0.2, -0.15) is 0 Å². The number of nitrogens with zero attached hydrogens (tertiary/aromatic N) is 1. The molecule has 1 amide bonds. The fourth-order valence-electron chi connectivity index (χ4n) is 2.43. The van der Waals surface area contributed by atoms with Crippen molar-refractivity contribution in [3.8, 4) is 0 Å². The highest BCUT2D eigenvalue weighted by Gasteiger charge is 2.54. The molecule has 1 heterocycles. The maximum absolute atomic E-state index is 12.5. The van der Waals surface area contributed by atoms with Crippen LogP contribution in [-0.4, -0.2) is 51.6 Å². The van der Waals surface area contributed by atoms with Gasteiger partial charge in [-0.15, -0.1) is 0 Å². The van der Waals surface area contributed by atoms with E-state index in [0.29, 0.717) is 6.42 Å². The van der Waals surface area contributed by atoms with Gasteiger partial charge in [-0.05, 0) is 33.1 Å². The minimum absolute atomic E-state index is 0.0582. The first-order valence-corrected chi connectivity index (χ1v) is 7.44. The smallest absolute Gasteiger partial charge is 0.336 e. The Bertz CT molecular complexity index is 469. The first-order valence-electron chi connectivity index (χ1n) is 7.44. The Hall–Kier alpha value is -1.63. The van der Waals surface area contributed by atoms with E-state index < -0.39 is 35.0 Å². The molecule has 0 aromatic carbocycles. The minimum atomic E-state index is -1.79. The number of ether oxygens (including phenoxy) is 1. The fraction of sp³-hybridized carbons (Fsp3) is 0.800. The third kappa shape index (κ3) is 3.97. The summed E-state index contributed by atoms with van der Waals surface area (Å²) in [7, 11) is 0. The maximum Gasteiger partial charge on any atom is 0.336 e. The largest absolute Gasteiger partial charge is 0.480 e. The third-order valence-electron chi connectivity index (χ3n) is 3.51. The molecule has 7 nitrogen and oxygen atoms in total. The average Bonchev–Trinajstić information content (AvgIpc) is 2.62. The number of carbonyl (C=O) groups excluding carboxylic acids is 2. The van der Waals surface area contributed by atoms with Crippen molar-refractivity contribution in [2.75, 3.05) is 6.54 Å². The van der Waals surface area contributed by atoms with E-state index in [1.54, 1.807) is 20.8 Å². The molecule has 1 fully saturated rings. The highest BCUT2D eigenvalue weighted by molar-refractivity contribution is 6.09. The van der Waals surface area contributed by atoms with Crippen LogP contribution in [0, 0.1) is 5.92 Å². The first-order chi connectivity index (χ1) is 9.88. The molecule has 1 rings (SSSR count). The summed E-state index contributed by atoms with van der Waals surface area (Å²) in [4.78, 5) is 37.3. The summed E-state index contributed by atoms with van der Waals surface area (Å²) in [6.07, 6.45) is 0.369. The normalized spacial score (nSPS) is 23.8. The highest BCUT2D eigenvalue weighted by Crippen LogP contribution is 2.28. The number of hydrogen-bond donors (Lipinski definition) is 2. The fourth-order valence-corrected chi connectivity index (χ4v) is 2.43. The molecule has 2 atom stereocenters. The van der Waals surface area contributed by atoms with E-state index in [0.717, 1.165) is 0 Å². The zero-order valence-corrected chi connectivity index (χ0v) is 13.9. The monoisotopic (exact) mass is 314 g/mol. The van der Waals surface area contributed by atoms with E-state index in [4.69, 9.17) is 10.5 Å². The summed E-state index contributed by atoms with van der Waals surface area (Å²) in [5, 5.41) is 9.34. The predicted octanol–water partition coefficient (Wildman–Crippen LogP) is 0.757. The molecule has 1 saturated heterocycles. The van der Waals surface area contributed by atoms with Crippen molar-refractivity contribution in [2.45, 2.75) is 64.6 Å². The number of amides is 1. The molecule has 126 valence electrons. The minimum Gasteiger partial charge on any atom is -0.480 e. The highest BCUT2D eigenvalue weighted by atomic mass is 16.6. The number of rotatable bonds is 5. The molecular weight excluding hydrogens is 288 g/mol. The molecule has 0 radical (unpaired) electrons. The van der Waals surface area contributed by atoms with Crippen LogP contribution < -0.4 is 5.73 Å². The lowest BCUT2D eigenvalue weighted by atomic mass is 9.98. The number of esters is 1. The number of nitrogens with two attached hydrogens (primary N) is 1. The number of carboxylic acids is 1. The molecule has 2 unspecified atom stereocenters. The second-order valence-corrected chi connectivity index (χ2v) is 7.21. The maximum atomic E-state index is 12.5. The van der Waals surface area contributed by atoms with Crippen molar-refractivity contribution in [1.82, 2.24) is 4.90 Å². The van der Waals surface area contributed by atoms with Crippen molar-refractivity contribution in [3.63, 3.8) is 0 Å². The zero-order chi connectivity index (χ0) is 17.3. The van der Waals surface area contributed by atoms with Crippen molar-refractivity contribution in [2.24, 2.45) is 11.7 Å². The van der Waals surface area contributed by atoms with Crippen LogP contribution in [-0.2, 0) is 19.1 Å². The van der Waals surface area contributed by atoms with Crippen LogP contribution in [0.5, 0.6) is 0 Å². The standard InChI is InChI=1S/C15H26N2O5/c1-9(2)8-10(11(18)19)17-7-6-15(16,12(17)20)13(21)22-14(3,4)5/h9-10H,6-8,16H2,1-5H3,(H,18,19). The van der Waals surface area contributed by atoms with Gasteiger partial charge in [0.25, 0.3) is 5.91 Å². The number of likely N-dealkylation sites (tertiary alicyclic amines) is 1. The molecule has 0 aromatic rings. The van der Waals surface area contributed by atoms with Gasteiger partial charge >= 0.3 is 11.9 Å². The van der Waals surface area contributed by atoms with Crippen LogP contribution in [0.3, 0.4) is 0 Å². The van der Waals surface area contributed by atoms with E-state index in [1.165, 1.54) is 4.90 Å². The molecule has 22 heavy (non-hydrogen) atoms. The van der Waals surface area contributed by atoms with E-state index in [9.17, 15) is 19.5 Å². The van der Waals surface area contributed by atoms with Gasteiger partial charge in [0.15, 0.2) is 5.54 Å². The van der Waals surface area contributed by atoms with E-state index in [-0.39, 0.29) is 18.9 Å².